The molecule has 0 atom stereocenters. The van der Waals surface area contributed by atoms with Gasteiger partial charge in [-0.05, 0) is 85.1 Å². The monoisotopic (exact) mass is 518 g/mol. The highest BCUT2D eigenvalue weighted by molar-refractivity contribution is 7.92. The minimum absolute atomic E-state index is 0.0708. The van der Waals surface area contributed by atoms with Crippen LogP contribution in [-0.2, 0) is 16.6 Å². The van der Waals surface area contributed by atoms with Crippen molar-refractivity contribution in [1.82, 2.24) is 0 Å². The number of sulfonamides is 1. The van der Waals surface area contributed by atoms with Crippen LogP contribution in [0.3, 0.4) is 0 Å². The first-order valence-corrected chi connectivity index (χ1v) is 13.0. The van der Waals surface area contributed by atoms with E-state index in [2.05, 4.69) is 5.32 Å². The molecule has 1 amide bonds. The van der Waals surface area contributed by atoms with Crippen LogP contribution in [0.25, 0.3) is 0 Å². The number of rotatable bonds is 8. The lowest BCUT2D eigenvalue weighted by atomic mass is 10.1. The molecule has 0 aliphatic rings. The predicted octanol–water partition coefficient (Wildman–Crippen LogP) is 6.10. The van der Waals surface area contributed by atoms with Crippen LogP contribution in [0.2, 0.25) is 0 Å². The molecule has 4 rings (SSSR count). The van der Waals surface area contributed by atoms with E-state index >= 15 is 0 Å². The standard InChI is InChI=1S/C29H27FN2O4S/c1-20-9-15-25(17-21(20)2)32(37(34,35)26-7-5-4-6-8-26)19-22-10-13-24(14-11-22)31-29(33)27-18-23(30)12-16-28(27)36-3/h4-18H,19H2,1-3H3,(H,31,33). The highest BCUT2D eigenvalue weighted by Crippen LogP contribution is 2.28. The van der Waals surface area contributed by atoms with Gasteiger partial charge in [-0.15, -0.1) is 0 Å². The Labute approximate surface area is 216 Å². The second-order valence-corrected chi connectivity index (χ2v) is 10.5. The molecule has 0 heterocycles. The third kappa shape index (κ3) is 5.81. The van der Waals surface area contributed by atoms with Gasteiger partial charge in [-0.1, -0.05) is 36.4 Å². The normalized spacial score (nSPS) is 11.1. The molecule has 6 nitrogen and oxygen atoms in total. The van der Waals surface area contributed by atoms with E-state index in [-0.39, 0.29) is 22.8 Å². The molecule has 8 heteroatoms. The van der Waals surface area contributed by atoms with Crippen LogP contribution in [0.1, 0.15) is 27.0 Å². The third-order valence-electron chi connectivity index (χ3n) is 6.05. The number of halogens is 1. The molecular weight excluding hydrogens is 491 g/mol. The fourth-order valence-corrected chi connectivity index (χ4v) is 5.30. The van der Waals surface area contributed by atoms with Crippen molar-refractivity contribution in [2.75, 3.05) is 16.7 Å². The number of amides is 1. The Morgan fingerprint density at radius 2 is 1.59 bits per heavy atom. The molecule has 0 radical (unpaired) electrons. The summed E-state index contributed by atoms with van der Waals surface area (Å²) in [5.41, 5.74) is 3.87. The zero-order valence-corrected chi connectivity index (χ0v) is 21.6. The number of carbonyl (C=O) groups excluding carboxylic acids is 1. The first kappa shape index (κ1) is 25.9. The van der Waals surface area contributed by atoms with E-state index in [1.807, 2.05) is 26.0 Å². The molecule has 0 aliphatic carbocycles. The molecule has 1 N–H and O–H groups in total. The summed E-state index contributed by atoms with van der Waals surface area (Å²) in [6.45, 7) is 4.00. The van der Waals surface area contributed by atoms with E-state index in [1.54, 1.807) is 60.7 Å². The van der Waals surface area contributed by atoms with Gasteiger partial charge < -0.3 is 10.1 Å². The quantitative estimate of drug-likeness (QED) is 0.306. The van der Waals surface area contributed by atoms with E-state index in [0.29, 0.717) is 11.4 Å². The van der Waals surface area contributed by atoms with E-state index in [9.17, 15) is 17.6 Å². The SMILES string of the molecule is COc1ccc(F)cc1C(=O)Nc1ccc(CN(c2ccc(C)c(C)c2)S(=O)(=O)c2ccccc2)cc1. The second kappa shape index (κ2) is 10.8. The number of nitrogens with zero attached hydrogens (tertiary/aromatic N) is 1. The second-order valence-electron chi connectivity index (χ2n) is 8.59. The van der Waals surface area contributed by atoms with Gasteiger partial charge in [-0.2, -0.15) is 0 Å². The number of nitrogens with one attached hydrogen (secondary N) is 1. The van der Waals surface area contributed by atoms with Crippen LogP contribution >= 0.6 is 0 Å². The number of methoxy groups -OCH3 is 1. The summed E-state index contributed by atoms with van der Waals surface area (Å²) < 4.78 is 47.4. The number of hydrogen-bond donors (Lipinski definition) is 1. The number of ether oxygens (including phenoxy) is 1. The minimum Gasteiger partial charge on any atom is -0.496 e. The van der Waals surface area contributed by atoms with Gasteiger partial charge >= 0.3 is 0 Å². The molecule has 0 aliphatic heterocycles. The Morgan fingerprint density at radius 3 is 2.24 bits per heavy atom. The average molecular weight is 519 g/mol. The summed E-state index contributed by atoms with van der Waals surface area (Å²) in [6.07, 6.45) is 0. The fourth-order valence-electron chi connectivity index (χ4n) is 3.83. The van der Waals surface area contributed by atoms with Gasteiger partial charge in [0.2, 0.25) is 0 Å². The minimum atomic E-state index is -3.84. The van der Waals surface area contributed by atoms with Gasteiger partial charge in [0, 0.05) is 5.69 Å². The van der Waals surface area contributed by atoms with Crippen molar-refractivity contribution >= 4 is 27.3 Å². The van der Waals surface area contributed by atoms with Gasteiger partial charge in [0.25, 0.3) is 15.9 Å². The summed E-state index contributed by atoms with van der Waals surface area (Å²) in [5, 5.41) is 2.72. The predicted molar refractivity (Wildman–Crippen MR) is 143 cm³/mol. The molecule has 4 aromatic carbocycles. The topological polar surface area (TPSA) is 75.7 Å². The molecule has 0 bridgehead atoms. The highest BCUT2D eigenvalue weighted by Gasteiger charge is 2.25. The lowest BCUT2D eigenvalue weighted by Crippen LogP contribution is -2.30. The molecule has 0 saturated heterocycles. The molecule has 37 heavy (non-hydrogen) atoms. The smallest absolute Gasteiger partial charge is 0.264 e. The summed E-state index contributed by atoms with van der Waals surface area (Å²) >= 11 is 0. The van der Waals surface area contributed by atoms with Gasteiger partial charge in [0.15, 0.2) is 0 Å². The zero-order chi connectivity index (χ0) is 26.6. The van der Waals surface area contributed by atoms with Crippen molar-refractivity contribution in [3.05, 3.63) is 119 Å². The van der Waals surface area contributed by atoms with E-state index < -0.39 is 21.7 Å². The molecule has 0 saturated carbocycles. The fraction of sp³-hybridized carbons (Fsp3) is 0.138. The van der Waals surface area contributed by atoms with Gasteiger partial charge in [0.05, 0.1) is 29.8 Å². The molecular formula is C29H27FN2O4S. The molecule has 190 valence electrons. The maximum Gasteiger partial charge on any atom is 0.264 e. The van der Waals surface area contributed by atoms with Crippen molar-refractivity contribution in [2.45, 2.75) is 25.3 Å². The number of benzene rings is 4. The Bertz CT molecular complexity index is 1520. The Morgan fingerprint density at radius 1 is 0.892 bits per heavy atom. The lowest BCUT2D eigenvalue weighted by Gasteiger charge is -2.25. The van der Waals surface area contributed by atoms with Crippen LogP contribution in [0.5, 0.6) is 5.75 Å². The van der Waals surface area contributed by atoms with E-state index in [1.165, 1.54) is 23.5 Å². The number of hydrogen-bond acceptors (Lipinski definition) is 4. The first-order chi connectivity index (χ1) is 17.7. The van der Waals surface area contributed by atoms with Crippen LogP contribution in [0.4, 0.5) is 15.8 Å². The lowest BCUT2D eigenvalue weighted by molar-refractivity contribution is 0.102. The van der Waals surface area contributed by atoms with Crippen LogP contribution in [-0.4, -0.2) is 21.4 Å². The largest absolute Gasteiger partial charge is 0.496 e. The number of anilines is 2. The maximum absolute atomic E-state index is 13.7. The van der Waals surface area contributed by atoms with Crippen molar-refractivity contribution in [3.63, 3.8) is 0 Å². The highest BCUT2D eigenvalue weighted by atomic mass is 32.2. The van der Waals surface area contributed by atoms with Crippen LogP contribution < -0.4 is 14.4 Å². The van der Waals surface area contributed by atoms with E-state index in [0.717, 1.165) is 22.8 Å². The number of aryl methyl sites for hydroxylation is 2. The third-order valence-corrected chi connectivity index (χ3v) is 7.84. The first-order valence-electron chi connectivity index (χ1n) is 11.6. The van der Waals surface area contributed by atoms with Crippen LogP contribution in [0.15, 0.2) is 95.9 Å². The summed E-state index contributed by atoms with van der Waals surface area (Å²) in [4.78, 5) is 12.9. The molecule has 0 fully saturated rings. The van der Waals surface area contributed by atoms with Crippen molar-refractivity contribution in [2.24, 2.45) is 0 Å². The van der Waals surface area contributed by atoms with Gasteiger partial charge in [-0.25, -0.2) is 12.8 Å². The van der Waals surface area contributed by atoms with Gasteiger partial charge in [-0.3, -0.25) is 9.10 Å². The molecule has 0 aromatic heterocycles. The average Bonchev–Trinajstić information content (AvgIpc) is 2.90. The van der Waals surface area contributed by atoms with E-state index in [4.69, 9.17) is 4.74 Å². The van der Waals surface area contributed by atoms with Crippen LogP contribution in [0, 0.1) is 19.7 Å². The Balaban J connectivity index is 1.61. The Kier molecular flexibility index (Phi) is 7.59. The zero-order valence-electron chi connectivity index (χ0n) is 20.7. The summed E-state index contributed by atoms with van der Waals surface area (Å²) in [6, 6.07) is 24.4. The molecule has 0 spiro atoms. The Hall–Kier alpha value is -4.17. The molecule has 4 aromatic rings. The number of carbonyl (C=O) groups is 1. The summed E-state index contributed by atoms with van der Waals surface area (Å²) in [7, 11) is -2.44. The van der Waals surface area contributed by atoms with Crippen molar-refractivity contribution < 1.29 is 22.3 Å². The maximum atomic E-state index is 13.7. The van der Waals surface area contributed by atoms with Crippen molar-refractivity contribution in [1.29, 1.82) is 0 Å². The molecule has 0 unspecified atom stereocenters. The summed E-state index contributed by atoms with van der Waals surface area (Å²) in [5.74, 6) is -0.814. The van der Waals surface area contributed by atoms with Gasteiger partial charge in [0.1, 0.15) is 11.6 Å². The van der Waals surface area contributed by atoms with Crippen molar-refractivity contribution in [3.8, 4) is 5.75 Å².